The lowest BCUT2D eigenvalue weighted by Gasteiger charge is -2.29. The van der Waals surface area contributed by atoms with Crippen LogP contribution >= 0.6 is 11.6 Å². The molecule has 1 spiro atoms. The summed E-state index contributed by atoms with van der Waals surface area (Å²) in [6.45, 7) is 0.285. The molecule has 2 N–H and O–H groups in total. The number of para-hydroxylation sites is 1. The molecule has 3 amide bonds. The molecule has 2 saturated heterocycles. The third kappa shape index (κ3) is 3.32. The van der Waals surface area contributed by atoms with E-state index in [9.17, 15) is 14.4 Å². The van der Waals surface area contributed by atoms with E-state index in [2.05, 4.69) is 10.6 Å². The molecule has 3 heterocycles. The first-order chi connectivity index (χ1) is 17.0. The van der Waals surface area contributed by atoms with Crippen LogP contribution in [0.1, 0.15) is 16.7 Å². The Morgan fingerprint density at radius 2 is 1.51 bits per heavy atom. The molecule has 0 radical (unpaired) electrons. The quantitative estimate of drug-likeness (QED) is 0.542. The maximum Gasteiger partial charge on any atom is 0.250 e. The van der Waals surface area contributed by atoms with Crippen molar-refractivity contribution in [3.05, 3.63) is 101 Å². The van der Waals surface area contributed by atoms with E-state index < -0.39 is 17.4 Å². The van der Waals surface area contributed by atoms with Crippen molar-refractivity contribution in [1.82, 2.24) is 10.2 Å². The van der Waals surface area contributed by atoms with Crippen LogP contribution in [-0.4, -0.2) is 35.2 Å². The minimum absolute atomic E-state index is 0.218. The van der Waals surface area contributed by atoms with Gasteiger partial charge in [0.15, 0.2) is 0 Å². The predicted molar refractivity (Wildman–Crippen MR) is 133 cm³/mol. The Hall–Kier alpha value is -3.48. The summed E-state index contributed by atoms with van der Waals surface area (Å²) < 4.78 is 0. The maximum absolute atomic E-state index is 13.9. The third-order valence-electron chi connectivity index (χ3n) is 7.56. The van der Waals surface area contributed by atoms with E-state index >= 15 is 0 Å². The van der Waals surface area contributed by atoms with Crippen LogP contribution in [0.25, 0.3) is 0 Å². The summed E-state index contributed by atoms with van der Waals surface area (Å²) in [6, 6.07) is 24.5. The number of halogens is 1. The molecule has 3 aliphatic heterocycles. The molecule has 176 valence electrons. The van der Waals surface area contributed by atoms with E-state index in [1.165, 1.54) is 4.90 Å². The van der Waals surface area contributed by atoms with Crippen LogP contribution in [0.5, 0.6) is 0 Å². The van der Waals surface area contributed by atoms with Crippen molar-refractivity contribution in [2.75, 3.05) is 11.9 Å². The van der Waals surface area contributed by atoms with Crippen LogP contribution in [0.4, 0.5) is 5.69 Å². The van der Waals surface area contributed by atoms with Gasteiger partial charge in [0.2, 0.25) is 17.7 Å². The van der Waals surface area contributed by atoms with Gasteiger partial charge in [0.1, 0.15) is 5.54 Å². The number of benzene rings is 3. The molecule has 0 bridgehead atoms. The van der Waals surface area contributed by atoms with E-state index in [0.29, 0.717) is 29.1 Å². The van der Waals surface area contributed by atoms with E-state index in [0.717, 1.165) is 11.1 Å². The number of likely N-dealkylation sites (tertiary alicyclic amines) is 1. The first-order valence-electron chi connectivity index (χ1n) is 11.8. The van der Waals surface area contributed by atoms with Crippen molar-refractivity contribution in [1.29, 1.82) is 0 Å². The molecule has 35 heavy (non-hydrogen) atoms. The van der Waals surface area contributed by atoms with Crippen molar-refractivity contribution in [3.8, 4) is 0 Å². The average molecular weight is 486 g/mol. The molecule has 0 saturated carbocycles. The zero-order valence-corrected chi connectivity index (χ0v) is 19.7. The molecule has 4 atom stereocenters. The van der Waals surface area contributed by atoms with Gasteiger partial charge in [-0.25, -0.2) is 0 Å². The van der Waals surface area contributed by atoms with Crippen LogP contribution in [0.3, 0.4) is 0 Å². The number of carbonyl (C=O) groups is 3. The Kier molecular flexibility index (Phi) is 5.24. The molecule has 7 heteroatoms. The average Bonchev–Trinajstić information content (AvgIpc) is 3.45. The zero-order valence-electron chi connectivity index (χ0n) is 18.9. The number of nitrogens with one attached hydrogen (secondary N) is 2. The summed E-state index contributed by atoms with van der Waals surface area (Å²) in [5, 5.41) is 6.77. The number of carbonyl (C=O) groups excluding carboxylic acids is 3. The number of fused-ring (bicyclic) bond motifs is 4. The maximum atomic E-state index is 13.9. The number of hydrogen-bond donors (Lipinski definition) is 2. The highest BCUT2D eigenvalue weighted by molar-refractivity contribution is 6.35. The van der Waals surface area contributed by atoms with Gasteiger partial charge in [0.25, 0.3) is 0 Å². The number of imide groups is 1. The van der Waals surface area contributed by atoms with E-state index in [4.69, 9.17) is 11.6 Å². The van der Waals surface area contributed by atoms with Crippen molar-refractivity contribution >= 4 is 35.0 Å². The second-order valence-electron chi connectivity index (χ2n) is 9.43. The van der Waals surface area contributed by atoms with Crippen molar-refractivity contribution in [3.63, 3.8) is 0 Å². The molecule has 0 unspecified atom stereocenters. The number of anilines is 1. The highest BCUT2D eigenvalue weighted by Crippen LogP contribution is 2.54. The lowest BCUT2D eigenvalue weighted by atomic mass is 9.76. The van der Waals surface area contributed by atoms with Gasteiger partial charge in [0.05, 0.1) is 22.5 Å². The van der Waals surface area contributed by atoms with E-state index in [-0.39, 0.29) is 30.3 Å². The molecule has 3 aromatic rings. The van der Waals surface area contributed by atoms with E-state index in [1.807, 2.05) is 66.7 Å². The number of rotatable bonds is 5. The topological polar surface area (TPSA) is 78.5 Å². The monoisotopic (exact) mass is 485 g/mol. The van der Waals surface area contributed by atoms with Crippen LogP contribution in [-0.2, 0) is 32.8 Å². The Bertz CT molecular complexity index is 1330. The van der Waals surface area contributed by atoms with Gasteiger partial charge >= 0.3 is 0 Å². The van der Waals surface area contributed by atoms with Gasteiger partial charge in [-0.15, -0.1) is 0 Å². The fourth-order valence-electron chi connectivity index (χ4n) is 6.00. The summed E-state index contributed by atoms with van der Waals surface area (Å²) in [5.74, 6) is -2.34. The molecule has 3 aromatic carbocycles. The Morgan fingerprint density at radius 3 is 2.23 bits per heavy atom. The standard InChI is InChI=1S/C28H24ClN3O3/c29-20-13-7-12-19-24(20)30-27(35)28(19)23-22(21(31-28)16-18-10-5-2-6-11-18)25(33)32(26(23)34)15-14-17-8-3-1-4-9-17/h1-13,21-23,31H,14-16H2,(H,30,35)/t21-,22+,23+,28-/m1/s1. The molecule has 6 nitrogen and oxygen atoms in total. The van der Waals surface area contributed by atoms with Crippen LogP contribution in [0.15, 0.2) is 78.9 Å². The highest BCUT2D eigenvalue weighted by Gasteiger charge is 2.70. The zero-order chi connectivity index (χ0) is 24.2. The molecule has 0 aromatic heterocycles. The van der Waals surface area contributed by atoms with Gasteiger partial charge in [-0.05, 0) is 30.0 Å². The summed E-state index contributed by atoms with van der Waals surface area (Å²) in [4.78, 5) is 42.6. The lowest BCUT2D eigenvalue weighted by Crippen LogP contribution is -2.53. The highest BCUT2D eigenvalue weighted by atomic mass is 35.5. The third-order valence-corrected chi connectivity index (χ3v) is 7.87. The van der Waals surface area contributed by atoms with Gasteiger partial charge < -0.3 is 5.32 Å². The SMILES string of the molecule is O=C1[C@@H]2[C@@H](C(=O)N1CCc1ccccc1)[C@@]1(N[C@@H]2Cc2ccccc2)C(=O)Nc2c(Cl)cccc21. The van der Waals surface area contributed by atoms with Gasteiger partial charge in [-0.1, -0.05) is 84.4 Å². The fraction of sp³-hybridized carbons (Fsp3) is 0.250. The largest absolute Gasteiger partial charge is 0.323 e. The first-order valence-corrected chi connectivity index (χ1v) is 12.2. The summed E-state index contributed by atoms with van der Waals surface area (Å²) >= 11 is 6.41. The van der Waals surface area contributed by atoms with Gasteiger partial charge in [-0.2, -0.15) is 0 Å². The second-order valence-corrected chi connectivity index (χ2v) is 9.84. The number of hydrogen-bond acceptors (Lipinski definition) is 4. The molecular weight excluding hydrogens is 462 g/mol. The predicted octanol–water partition coefficient (Wildman–Crippen LogP) is 3.55. The Balaban J connectivity index is 1.41. The minimum Gasteiger partial charge on any atom is -0.323 e. The second kappa shape index (κ2) is 8.33. The molecule has 2 fully saturated rings. The van der Waals surface area contributed by atoms with Crippen LogP contribution in [0.2, 0.25) is 5.02 Å². The lowest BCUT2D eigenvalue weighted by molar-refractivity contribution is -0.142. The van der Waals surface area contributed by atoms with Gasteiger partial charge in [-0.3, -0.25) is 24.6 Å². The number of amides is 3. The summed E-state index contributed by atoms with van der Waals surface area (Å²) in [7, 11) is 0. The normalized spacial score (nSPS) is 26.8. The fourth-order valence-corrected chi connectivity index (χ4v) is 6.22. The Labute approximate surface area is 208 Å². The van der Waals surface area contributed by atoms with E-state index in [1.54, 1.807) is 12.1 Å². The summed E-state index contributed by atoms with van der Waals surface area (Å²) in [5.41, 5.74) is 1.89. The van der Waals surface area contributed by atoms with Crippen molar-refractivity contribution in [2.45, 2.75) is 24.4 Å². The summed E-state index contributed by atoms with van der Waals surface area (Å²) in [6.07, 6.45) is 1.09. The Morgan fingerprint density at radius 1 is 0.829 bits per heavy atom. The molecule has 3 aliphatic rings. The smallest absolute Gasteiger partial charge is 0.250 e. The van der Waals surface area contributed by atoms with Crippen LogP contribution in [0, 0.1) is 11.8 Å². The van der Waals surface area contributed by atoms with Crippen LogP contribution < -0.4 is 10.6 Å². The molecule has 0 aliphatic carbocycles. The first kappa shape index (κ1) is 22.0. The molecule has 6 rings (SSSR count). The van der Waals surface area contributed by atoms with Crippen molar-refractivity contribution in [2.24, 2.45) is 11.8 Å². The number of nitrogens with zero attached hydrogens (tertiary/aromatic N) is 1. The van der Waals surface area contributed by atoms with Gasteiger partial charge in [0, 0.05) is 18.2 Å². The minimum atomic E-state index is -1.33. The van der Waals surface area contributed by atoms with Crippen molar-refractivity contribution < 1.29 is 14.4 Å². The molecular formula is C28H24ClN3O3.